The smallest absolute Gasteiger partial charge is 0.287 e. The molecule has 0 bridgehead atoms. The summed E-state index contributed by atoms with van der Waals surface area (Å²) in [6.07, 6.45) is 2.47. The summed E-state index contributed by atoms with van der Waals surface area (Å²) in [7, 11) is 0. The molecule has 2 fully saturated rings. The summed E-state index contributed by atoms with van der Waals surface area (Å²) in [5.74, 6) is -0.803. The van der Waals surface area contributed by atoms with E-state index in [0.717, 1.165) is 42.7 Å². The maximum absolute atomic E-state index is 14.1. The van der Waals surface area contributed by atoms with Crippen molar-refractivity contribution in [3.05, 3.63) is 111 Å². The zero-order valence-corrected chi connectivity index (χ0v) is 25.7. The van der Waals surface area contributed by atoms with Crippen LogP contribution in [0, 0.1) is 0 Å². The lowest BCUT2D eigenvalue weighted by Crippen LogP contribution is -2.50. The Morgan fingerprint density at radius 1 is 0.867 bits per heavy atom. The molecule has 1 atom stereocenters. The molecular weight excluding hydrogens is 592 g/mol. The number of benzene rings is 3. The van der Waals surface area contributed by atoms with Gasteiger partial charge in [0.1, 0.15) is 11.6 Å². The van der Waals surface area contributed by atoms with Gasteiger partial charge in [0.25, 0.3) is 5.91 Å². The van der Waals surface area contributed by atoms with E-state index < -0.39 is 11.9 Å². The summed E-state index contributed by atoms with van der Waals surface area (Å²) in [6, 6.07) is 22.3. The van der Waals surface area contributed by atoms with E-state index in [2.05, 4.69) is 22.3 Å². The van der Waals surface area contributed by atoms with Crippen molar-refractivity contribution in [2.75, 3.05) is 37.6 Å². The maximum atomic E-state index is 14.1. The highest BCUT2D eigenvalue weighted by molar-refractivity contribution is 6.30. The minimum atomic E-state index is -0.893. The third-order valence-corrected chi connectivity index (χ3v) is 8.74. The number of halogens is 1. The van der Waals surface area contributed by atoms with E-state index in [-0.39, 0.29) is 29.4 Å². The molecule has 0 aliphatic carbocycles. The van der Waals surface area contributed by atoms with Crippen LogP contribution in [0.5, 0.6) is 0 Å². The number of hydrogen-bond donors (Lipinski definition) is 1. The van der Waals surface area contributed by atoms with Crippen LogP contribution in [0.15, 0.2) is 88.1 Å². The molecule has 1 aromatic heterocycles. The summed E-state index contributed by atoms with van der Waals surface area (Å²) < 4.78 is 5.76. The van der Waals surface area contributed by atoms with Crippen molar-refractivity contribution in [2.45, 2.75) is 38.3 Å². The van der Waals surface area contributed by atoms with E-state index in [9.17, 15) is 19.2 Å². The SMILES string of the molecule is O=C(NC(Cc1ccc(Cl)cc1)C(=O)N1CCCN(c2ccccc2CN2CCCC2=O)CC1)c1cc(=O)c2ccccc2o1. The van der Waals surface area contributed by atoms with Gasteiger partial charge < -0.3 is 24.4 Å². The Bertz CT molecular complexity index is 1770. The van der Waals surface area contributed by atoms with E-state index in [0.29, 0.717) is 48.6 Å². The van der Waals surface area contributed by atoms with Crippen LogP contribution in [0.2, 0.25) is 5.02 Å². The molecule has 45 heavy (non-hydrogen) atoms. The fourth-order valence-corrected chi connectivity index (χ4v) is 6.26. The van der Waals surface area contributed by atoms with Gasteiger partial charge in [0.15, 0.2) is 11.2 Å². The van der Waals surface area contributed by atoms with Gasteiger partial charge >= 0.3 is 0 Å². The van der Waals surface area contributed by atoms with Gasteiger partial charge in [-0.2, -0.15) is 0 Å². The van der Waals surface area contributed by atoms with Crippen LogP contribution in [0.1, 0.15) is 40.9 Å². The quantitative estimate of drug-likeness (QED) is 0.306. The largest absolute Gasteiger partial charge is 0.451 e. The molecule has 6 rings (SSSR count). The lowest BCUT2D eigenvalue weighted by molar-refractivity contribution is -0.133. The van der Waals surface area contributed by atoms with Crippen molar-refractivity contribution < 1.29 is 18.8 Å². The van der Waals surface area contributed by atoms with Gasteiger partial charge in [0.05, 0.1) is 5.39 Å². The normalized spacial score (nSPS) is 16.1. The number of carbonyl (C=O) groups excluding carboxylic acids is 3. The molecule has 0 saturated carbocycles. The Kier molecular flexibility index (Phi) is 9.16. The van der Waals surface area contributed by atoms with E-state index in [4.69, 9.17) is 16.0 Å². The van der Waals surface area contributed by atoms with Crippen LogP contribution in [-0.2, 0) is 22.6 Å². The number of likely N-dealkylation sites (tertiary alicyclic amines) is 1. The molecule has 0 spiro atoms. The number of hydrogen-bond acceptors (Lipinski definition) is 6. The fraction of sp³-hybridized carbons (Fsp3) is 0.314. The average Bonchev–Trinajstić information content (AvgIpc) is 3.29. The first-order chi connectivity index (χ1) is 21.9. The number of nitrogens with zero attached hydrogens (tertiary/aromatic N) is 3. The summed E-state index contributed by atoms with van der Waals surface area (Å²) in [4.78, 5) is 58.4. The summed E-state index contributed by atoms with van der Waals surface area (Å²) in [5.41, 5.74) is 2.98. The van der Waals surface area contributed by atoms with Gasteiger partial charge in [0, 0.05) is 68.9 Å². The second kappa shape index (κ2) is 13.6. The van der Waals surface area contributed by atoms with E-state index in [1.165, 1.54) is 6.07 Å². The van der Waals surface area contributed by atoms with Crippen molar-refractivity contribution in [3.8, 4) is 0 Å². The van der Waals surface area contributed by atoms with Gasteiger partial charge in [-0.15, -0.1) is 0 Å². The number of anilines is 1. The first kappa shape index (κ1) is 30.4. The molecular formula is C35H35ClN4O5. The van der Waals surface area contributed by atoms with Crippen molar-refractivity contribution >= 4 is 46.0 Å². The first-order valence-electron chi connectivity index (χ1n) is 15.3. The molecule has 232 valence electrons. The van der Waals surface area contributed by atoms with Crippen LogP contribution in [-0.4, -0.2) is 66.3 Å². The molecule has 1 N–H and O–H groups in total. The third kappa shape index (κ3) is 7.04. The Labute approximate surface area is 266 Å². The van der Waals surface area contributed by atoms with Gasteiger partial charge in [-0.3, -0.25) is 19.2 Å². The Morgan fingerprint density at radius 2 is 1.64 bits per heavy atom. The summed E-state index contributed by atoms with van der Waals surface area (Å²) in [5, 5.41) is 3.81. The van der Waals surface area contributed by atoms with Crippen LogP contribution in [0.25, 0.3) is 11.0 Å². The third-order valence-electron chi connectivity index (χ3n) is 8.49. The van der Waals surface area contributed by atoms with Gasteiger partial charge in [0.2, 0.25) is 11.8 Å². The van der Waals surface area contributed by atoms with E-state index >= 15 is 0 Å². The van der Waals surface area contributed by atoms with Crippen molar-refractivity contribution in [3.63, 3.8) is 0 Å². The molecule has 4 aromatic rings. The Hall–Kier alpha value is -4.63. The average molecular weight is 627 g/mol. The van der Waals surface area contributed by atoms with Gasteiger partial charge in [-0.25, -0.2) is 0 Å². The molecule has 0 radical (unpaired) electrons. The zero-order chi connectivity index (χ0) is 31.3. The molecule has 9 nitrogen and oxygen atoms in total. The van der Waals surface area contributed by atoms with Crippen molar-refractivity contribution in [2.24, 2.45) is 0 Å². The number of amides is 3. The lowest BCUT2D eigenvalue weighted by Gasteiger charge is -2.29. The van der Waals surface area contributed by atoms with Crippen molar-refractivity contribution in [1.29, 1.82) is 0 Å². The predicted molar refractivity (Wildman–Crippen MR) is 173 cm³/mol. The van der Waals surface area contributed by atoms with Crippen LogP contribution < -0.4 is 15.6 Å². The topological polar surface area (TPSA) is 103 Å². The number of rotatable bonds is 8. The summed E-state index contributed by atoms with van der Waals surface area (Å²) in [6.45, 7) is 3.71. The van der Waals surface area contributed by atoms with Crippen molar-refractivity contribution in [1.82, 2.24) is 15.1 Å². The maximum Gasteiger partial charge on any atom is 0.287 e. The molecule has 3 amide bonds. The lowest BCUT2D eigenvalue weighted by atomic mass is 10.0. The van der Waals surface area contributed by atoms with Crippen LogP contribution in [0.3, 0.4) is 0 Å². The Morgan fingerprint density at radius 3 is 2.44 bits per heavy atom. The molecule has 2 saturated heterocycles. The minimum absolute atomic E-state index is 0.150. The highest BCUT2D eigenvalue weighted by atomic mass is 35.5. The van der Waals surface area contributed by atoms with Crippen LogP contribution in [0.4, 0.5) is 5.69 Å². The molecule has 3 aromatic carbocycles. The number of para-hydroxylation sites is 2. The second-order valence-corrected chi connectivity index (χ2v) is 12.0. The monoisotopic (exact) mass is 626 g/mol. The number of carbonyl (C=O) groups is 3. The highest BCUT2D eigenvalue weighted by Crippen LogP contribution is 2.26. The highest BCUT2D eigenvalue weighted by Gasteiger charge is 2.30. The van der Waals surface area contributed by atoms with E-state index in [1.54, 1.807) is 41.3 Å². The molecule has 10 heteroatoms. The van der Waals surface area contributed by atoms with E-state index in [1.807, 2.05) is 29.2 Å². The predicted octanol–water partition coefficient (Wildman–Crippen LogP) is 4.65. The molecule has 3 heterocycles. The first-order valence-corrected chi connectivity index (χ1v) is 15.7. The van der Waals surface area contributed by atoms with Crippen LogP contribution >= 0.6 is 11.6 Å². The Balaban J connectivity index is 1.20. The fourth-order valence-electron chi connectivity index (χ4n) is 6.13. The summed E-state index contributed by atoms with van der Waals surface area (Å²) >= 11 is 6.10. The second-order valence-electron chi connectivity index (χ2n) is 11.5. The zero-order valence-electron chi connectivity index (χ0n) is 24.9. The van der Waals surface area contributed by atoms with Gasteiger partial charge in [-0.1, -0.05) is 54.1 Å². The van der Waals surface area contributed by atoms with Gasteiger partial charge in [-0.05, 0) is 54.3 Å². The molecule has 2 aliphatic heterocycles. The molecule has 2 aliphatic rings. The molecule has 1 unspecified atom stereocenters. The standard InChI is InChI=1S/C35H35ClN4O5/c36-26-14-12-24(13-15-26)21-28(37-34(43)32-22-30(41)27-8-2-4-10-31(27)45-32)35(44)39-18-6-17-38(19-20-39)29-9-3-1-7-25(29)23-40-16-5-11-33(40)42/h1-4,7-10,12-15,22,28H,5-6,11,16-21,23H2,(H,37,43). The number of fused-ring (bicyclic) bond motifs is 1. The number of nitrogens with one attached hydrogen (secondary N) is 1. The minimum Gasteiger partial charge on any atom is -0.451 e.